The minimum atomic E-state index is -0.971. The molecule has 5 fully saturated rings. The van der Waals surface area contributed by atoms with Gasteiger partial charge in [0.1, 0.15) is 18.8 Å². The molecule has 0 unspecified atom stereocenters. The maximum atomic E-state index is 14.9. The highest BCUT2D eigenvalue weighted by molar-refractivity contribution is 5.95. The maximum absolute atomic E-state index is 14.9. The lowest BCUT2D eigenvalue weighted by Crippen LogP contribution is -2.67. The molecule has 4 saturated carbocycles. The summed E-state index contributed by atoms with van der Waals surface area (Å²) in [7, 11) is 1.48. The van der Waals surface area contributed by atoms with Gasteiger partial charge >= 0.3 is 23.9 Å². The van der Waals surface area contributed by atoms with Crippen LogP contribution in [0.3, 0.4) is 0 Å². The summed E-state index contributed by atoms with van der Waals surface area (Å²) in [5.41, 5.74) is -0.304. The van der Waals surface area contributed by atoms with Crippen molar-refractivity contribution in [3.8, 4) is 0 Å². The van der Waals surface area contributed by atoms with Crippen LogP contribution in [0.15, 0.2) is 11.6 Å². The van der Waals surface area contributed by atoms with E-state index >= 15 is 0 Å². The van der Waals surface area contributed by atoms with Gasteiger partial charge in [-0.1, -0.05) is 47.1 Å². The second-order valence-corrected chi connectivity index (χ2v) is 19.6. The van der Waals surface area contributed by atoms with Crippen LogP contribution in [0.1, 0.15) is 133 Å². The van der Waals surface area contributed by atoms with Crippen LogP contribution < -0.4 is 0 Å². The van der Waals surface area contributed by atoms with Crippen LogP contribution in [0.2, 0.25) is 0 Å². The van der Waals surface area contributed by atoms with E-state index in [1.165, 1.54) is 33.5 Å². The topological polar surface area (TPSA) is 141 Å². The Bertz CT molecular complexity index is 1580. The molecule has 0 N–H and O–H groups in total. The molecule has 0 radical (unpaired) electrons. The lowest BCUT2D eigenvalue weighted by Gasteiger charge is -2.70. The van der Waals surface area contributed by atoms with Gasteiger partial charge in [0.2, 0.25) is 0 Å². The van der Waals surface area contributed by atoms with Crippen molar-refractivity contribution in [1.82, 2.24) is 0 Å². The van der Waals surface area contributed by atoms with Crippen molar-refractivity contribution < 1.29 is 52.4 Å². The van der Waals surface area contributed by atoms with E-state index < -0.39 is 47.9 Å². The molecule has 0 aromatic heterocycles. The molecule has 6 aliphatic rings. The van der Waals surface area contributed by atoms with Crippen LogP contribution in [0.25, 0.3) is 0 Å². The third-order valence-corrected chi connectivity index (χ3v) is 16.1. The Labute approximate surface area is 321 Å². The molecule has 54 heavy (non-hydrogen) atoms. The normalized spacial score (nSPS) is 45.2. The fourth-order valence-corrected chi connectivity index (χ4v) is 13.0. The number of rotatable bonds is 7. The Morgan fingerprint density at radius 2 is 1.50 bits per heavy atom. The summed E-state index contributed by atoms with van der Waals surface area (Å²) in [6, 6.07) is 0. The van der Waals surface area contributed by atoms with Crippen molar-refractivity contribution in [3.63, 3.8) is 0 Å². The van der Waals surface area contributed by atoms with Crippen molar-refractivity contribution in [2.24, 2.45) is 50.2 Å². The van der Waals surface area contributed by atoms with Gasteiger partial charge in [0.05, 0.1) is 18.6 Å². The molecule has 11 nitrogen and oxygen atoms in total. The SMILES string of the molecule is COC(=O)[C@@]1(C)CC[C@]2(C)CC[C@]3(C)C(=CC(=O)[C@@H]4[C@@]5(C)CC[C@H](O[C@@H]6C[C@@H](OC(C)=O)[C@H](OC(C)=O)[C@@H](COC(C)=O)O6)C(C)(C)[C@@H]5CC[C@]43C)[C@@H]2C1. The highest BCUT2D eigenvalue weighted by atomic mass is 16.7. The average Bonchev–Trinajstić information content (AvgIpc) is 3.07. The van der Waals surface area contributed by atoms with E-state index in [1.807, 2.05) is 13.0 Å². The number of carbonyl (C=O) groups excluding carboxylic acids is 5. The predicted molar refractivity (Wildman–Crippen MR) is 197 cm³/mol. The molecule has 1 heterocycles. The van der Waals surface area contributed by atoms with Gasteiger partial charge in [0.15, 0.2) is 18.2 Å². The molecule has 0 aromatic rings. The van der Waals surface area contributed by atoms with Gasteiger partial charge in [0.25, 0.3) is 0 Å². The van der Waals surface area contributed by atoms with E-state index in [2.05, 4.69) is 41.5 Å². The molecule has 0 bridgehead atoms. The lowest BCUT2D eigenvalue weighted by molar-refractivity contribution is -0.299. The first kappa shape index (κ1) is 40.9. The van der Waals surface area contributed by atoms with Gasteiger partial charge in [-0.05, 0) is 110 Å². The Hall–Kier alpha value is -2.79. The predicted octanol–water partition coefficient (Wildman–Crippen LogP) is 7.07. The number of ketones is 1. The number of ether oxygens (including phenoxy) is 6. The zero-order valence-electron chi connectivity index (χ0n) is 34.5. The monoisotopic (exact) mass is 756 g/mol. The molecular weight excluding hydrogens is 692 g/mol. The molecular formula is C43H64O11. The largest absolute Gasteiger partial charge is 0.469 e. The number of carbonyl (C=O) groups is 5. The summed E-state index contributed by atoms with van der Waals surface area (Å²) in [6.45, 7) is 19.7. The number of fused-ring (bicyclic) bond motifs is 7. The van der Waals surface area contributed by atoms with Crippen molar-refractivity contribution in [2.75, 3.05) is 13.7 Å². The first-order valence-corrected chi connectivity index (χ1v) is 20.2. The summed E-state index contributed by atoms with van der Waals surface area (Å²) in [5, 5.41) is 0. The number of allylic oxidation sites excluding steroid dienone is 2. The average molecular weight is 757 g/mol. The summed E-state index contributed by atoms with van der Waals surface area (Å²) in [4.78, 5) is 63.9. The van der Waals surface area contributed by atoms with Crippen LogP contribution in [0.5, 0.6) is 0 Å². The summed E-state index contributed by atoms with van der Waals surface area (Å²) in [5.74, 6) is -1.37. The van der Waals surface area contributed by atoms with Gasteiger partial charge in [0, 0.05) is 33.1 Å². The van der Waals surface area contributed by atoms with Crippen LogP contribution in [-0.2, 0) is 52.4 Å². The van der Waals surface area contributed by atoms with Crippen LogP contribution in [0.4, 0.5) is 0 Å². The van der Waals surface area contributed by atoms with Crippen LogP contribution in [0, 0.1) is 50.2 Å². The van der Waals surface area contributed by atoms with E-state index in [0.29, 0.717) is 12.8 Å². The van der Waals surface area contributed by atoms with Gasteiger partial charge in [-0.25, -0.2) is 0 Å². The molecule has 0 aromatic carbocycles. The zero-order valence-corrected chi connectivity index (χ0v) is 34.5. The van der Waals surface area contributed by atoms with Crippen molar-refractivity contribution in [1.29, 1.82) is 0 Å². The molecule has 5 aliphatic carbocycles. The van der Waals surface area contributed by atoms with E-state index in [-0.39, 0.29) is 75.7 Å². The summed E-state index contributed by atoms with van der Waals surface area (Å²) in [6.07, 6.45) is 6.32. The van der Waals surface area contributed by atoms with Crippen molar-refractivity contribution in [2.45, 2.75) is 164 Å². The molecule has 1 aliphatic heterocycles. The second-order valence-electron chi connectivity index (χ2n) is 19.6. The Morgan fingerprint density at radius 3 is 2.13 bits per heavy atom. The van der Waals surface area contributed by atoms with Gasteiger partial charge in [-0.2, -0.15) is 0 Å². The highest BCUT2D eigenvalue weighted by Crippen LogP contribution is 2.75. The van der Waals surface area contributed by atoms with Crippen molar-refractivity contribution >= 4 is 29.7 Å². The molecule has 302 valence electrons. The fourth-order valence-electron chi connectivity index (χ4n) is 13.0. The summed E-state index contributed by atoms with van der Waals surface area (Å²) < 4.78 is 34.9. The maximum Gasteiger partial charge on any atom is 0.311 e. The number of hydrogen-bond donors (Lipinski definition) is 0. The minimum Gasteiger partial charge on any atom is -0.469 e. The Morgan fingerprint density at radius 1 is 0.833 bits per heavy atom. The highest BCUT2D eigenvalue weighted by Gasteiger charge is 2.70. The summed E-state index contributed by atoms with van der Waals surface area (Å²) >= 11 is 0. The standard InChI is InChI=1S/C43H64O11/c1-24(44)50-23-31-35(52-26(3)46)30(51-25(2)45)21-34(53-31)54-33-13-14-41(8)32(38(33,4)5)12-15-43(10)36(41)29(47)20-27-28-22-40(7,37(48)49-11)17-16-39(28,6)18-19-42(27,43)9/h20,28,30-36H,12-19,21-23H2,1-11H3/t28-,30+,31+,32-,33-,34+,35-,36+,39+,40-,41-,42+,43+/m0/s1. The van der Waals surface area contributed by atoms with E-state index in [4.69, 9.17) is 28.4 Å². The molecule has 11 heteroatoms. The van der Waals surface area contributed by atoms with E-state index in [0.717, 1.165) is 44.9 Å². The lowest BCUT2D eigenvalue weighted by atomic mass is 9.33. The fraction of sp³-hybridized carbons (Fsp3) is 0.837. The van der Waals surface area contributed by atoms with E-state index in [9.17, 15) is 24.0 Å². The molecule has 13 atom stereocenters. The molecule has 1 saturated heterocycles. The second kappa shape index (κ2) is 14.0. The molecule has 0 spiro atoms. The quantitative estimate of drug-likeness (QED) is 0.150. The van der Waals surface area contributed by atoms with Crippen LogP contribution >= 0.6 is 0 Å². The number of esters is 4. The Balaban J connectivity index is 1.27. The third-order valence-electron chi connectivity index (χ3n) is 16.1. The number of methoxy groups -OCH3 is 1. The van der Waals surface area contributed by atoms with Gasteiger partial charge in [-0.3, -0.25) is 24.0 Å². The minimum absolute atomic E-state index is 0.0475. The smallest absolute Gasteiger partial charge is 0.311 e. The van der Waals surface area contributed by atoms with Crippen molar-refractivity contribution in [3.05, 3.63) is 11.6 Å². The molecule has 6 rings (SSSR count). The first-order chi connectivity index (χ1) is 25.0. The number of hydrogen-bond acceptors (Lipinski definition) is 11. The Kier molecular flexibility index (Phi) is 10.6. The molecule has 0 amide bonds. The third kappa shape index (κ3) is 6.54. The zero-order chi connectivity index (χ0) is 39.8. The van der Waals surface area contributed by atoms with E-state index in [1.54, 1.807) is 0 Å². The van der Waals surface area contributed by atoms with Gasteiger partial charge < -0.3 is 28.4 Å². The van der Waals surface area contributed by atoms with Gasteiger partial charge in [-0.15, -0.1) is 0 Å². The van der Waals surface area contributed by atoms with Crippen LogP contribution in [-0.4, -0.2) is 74.1 Å². The first-order valence-electron chi connectivity index (χ1n) is 20.2.